The molecule has 3 heteroatoms. The lowest BCUT2D eigenvalue weighted by molar-refractivity contribution is -0.135. The fourth-order valence-corrected chi connectivity index (χ4v) is 1.04. The summed E-state index contributed by atoms with van der Waals surface area (Å²) in [5, 5.41) is 0.594. The van der Waals surface area contributed by atoms with E-state index < -0.39 is 10.8 Å². The Labute approximate surface area is 94.6 Å². The third-order valence-corrected chi connectivity index (χ3v) is 3.65. The molecule has 0 saturated carbocycles. The minimum atomic E-state index is -0.444. The number of carbonyl (C=O) groups excluding carboxylic acids is 2. The molecular weight excluding hydrogens is 244 g/mol. The third-order valence-electron chi connectivity index (χ3n) is 2.25. The van der Waals surface area contributed by atoms with E-state index in [2.05, 4.69) is 15.9 Å². The van der Waals surface area contributed by atoms with Crippen LogP contribution in [0.3, 0.4) is 0 Å². The van der Waals surface area contributed by atoms with Crippen LogP contribution in [0.4, 0.5) is 0 Å². The highest BCUT2D eigenvalue weighted by Gasteiger charge is 2.31. The molecule has 0 unspecified atom stereocenters. The quantitative estimate of drug-likeness (QED) is 0.577. The molecule has 0 aromatic rings. The van der Waals surface area contributed by atoms with Crippen molar-refractivity contribution in [1.29, 1.82) is 0 Å². The van der Waals surface area contributed by atoms with Crippen molar-refractivity contribution >= 4 is 27.5 Å². The predicted molar refractivity (Wildman–Crippen MR) is 61.7 cm³/mol. The van der Waals surface area contributed by atoms with E-state index >= 15 is 0 Å². The topological polar surface area (TPSA) is 34.1 Å². The van der Waals surface area contributed by atoms with Crippen LogP contribution in [-0.2, 0) is 9.59 Å². The summed E-state index contributed by atoms with van der Waals surface area (Å²) in [5.74, 6) is 0.0193. The first-order valence-corrected chi connectivity index (χ1v) is 5.86. The van der Waals surface area contributed by atoms with Crippen LogP contribution in [0.1, 0.15) is 41.0 Å². The van der Waals surface area contributed by atoms with Crippen molar-refractivity contribution in [2.75, 3.05) is 5.33 Å². The lowest BCUT2D eigenvalue weighted by Crippen LogP contribution is -2.31. The zero-order chi connectivity index (χ0) is 11.6. The van der Waals surface area contributed by atoms with E-state index in [1.165, 1.54) is 0 Å². The Kier molecular flexibility index (Phi) is 4.50. The molecule has 0 saturated heterocycles. The van der Waals surface area contributed by atoms with Gasteiger partial charge in [0, 0.05) is 16.2 Å². The maximum atomic E-state index is 11.7. The van der Waals surface area contributed by atoms with Crippen molar-refractivity contribution in [2.24, 2.45) is 10.8 Å². The van der Waals surface area contributed by atoms with Gasteiger partial charge in [0.2, 0.25) is 0 Å². The van der Waals surface area contributed by atoms with Crippen LogP contribution < -0.4 is 0 Å². The third kappa shape index (κ3) is 3.91. The molecule has 0 atom stereocenters. The Balaban J connectivity index is 4.43. The zero-order valence-electron chi connectivity index (χ0n) is 9.61. The zero-order valence-corrected chi connectivity index (χ0v) is 11.2. The highest BCUT2D eigenvalue weighted by molar-refractivity contribution is 9.09. The lowest BCUT2D eigenvalue weighted by atomic mass is 9.82. The summed E-state index contributed by atoms with van der Waals surface area (Å²) in [6.45, 7) is 9.21. The summed E-state index contributed by atoms with van der Waals surface area (Å²) in [6.07, 6.45) is 0.0437. The highest BCUT2D eigenvalue weighted by Crippen LogP contribution is 2.24. The molecule has 0 bridgehead atoms. The summed E-state index contributed by atoms with van der Waals surface area (Å²) < 4.78 is 0. The molecule has 0 aliphatic rings. The van der Waals surface area contributed by atoms with Crippen LogP contribution in [0.25, 0.3) is 0 Å². The van der Waals surface area contributed by atoms with Crippen molar-refractivity contribution in [2.45, 2.75) is 41.0 Å². The number of hydrogen-bond donors (Lipinski definition) is 0. The molecule has 82 valence electrons. The number of alkyl halides is 1. The lowest BCUT2D eigenvalue weighted by Gasteiger charge is -2.22. The Morgan fingerprint density at radius 3 is 1.71 bits per heavy atom. The van der Waals surface area contributed by atoms with Gasteiger partial charge in [-0.25, -0.2) is 0 Å². The number of halogens is 1. The monoisotopic (exact) mass is 262 g/mol. The van der Waals surface area contributed by atoms with E-state index in [9.17, 15) is 9.59 Å². The summed E-state index contributed by atoms with van der Waals surface area (Å²) in [4.78, 5) is 23.3. The molecule has 0 fully saturated rings. The number of rotatable bonds is 4. The Morgan fingerprint density at radius 1 is 1.00 bits per heavy atom. The SMILES string of the molecule is CC(C)(C)C(=O)CC(=O)C(C)(C)CBr. The summed E-state index contributed by atoms with van der Waals surface area (Å²) >= 11 is 3.28. The van der Waals surface area contributed by atoms with E-state index in [-0.39, 0.29) is 18.0 Å². The number of ketones is 2. The van der Waals surface area contributed by atoms with Crippen LogP contribution in [0.15, 0.2) is 0 Å². The van der Waals surface area contributed by atoms with Gasteiger partial charge in [-0.3, -0.25) is 9.59 Å². The molecule has 0 aliphatic heterocycles. The fourth-order valence-electron chi connectivity index (χ4n) is 0.725. The van der Waals surface area contributed by atoms with Gasteiger partial charge in [0.05, 0.1) is 6.42 Å². The Hall–Kier alpha value is -0.180. The molecule has 0 spiro atoms. The van der Waals surface area contributed by atoms with Gasteiger partial charge in [-0.15, -0.1) is 0 Å². The largest absolute Gasteiger partial charge is 0.299 e. The molecule has 0 aromatic heterocycles. The molecule has 0 rings (SSSR count). The molecule has 0 aromatic carbocycles. The highest BCUT2D eigenvalue weighted by atomic mass is 79.9. The second kappa shape index (κ2) is 4.56. The smallest absolute Gasteiger partial charge is 0.146 e. The average Bonchev–Trinajstić information content (AvgIpc) is 2.02. The van der Waals surface area contributed by atoms with E-state index in [1.807, 2.05) is 34.6 Å². The maximum Gasteiger partial charge on any atom is 0.146 e. The summed E-state index contributed by atoms with van der Waals surface area (Å²) in [5.41, 5.74) is -0.862. The number of Topliss-reactive ketones (excluding diaryl/α,β-unsaturated/α-hetero) is 2. The van der Waals surface area contributed by atoms with Crippen LogP contribution >= 0.6 is 15.9 Å². The van der Waals surface area contributed by atoms with Gasteiger partial charge in [0.15, 0.2) is 0 Å². The van der Waals surface area contributed by atoms with E-state index in [0.29, 0.717) is 5.33 Å². The average molecular weight is 263 g/mol. The van der Waals surface area contributed by atoms with E-state index in [1.54, 1.807) is 0 Å². The molecule has 0 N–H and O–H groups in total. The van der Waals surface area contributed by atoms with Crippen LogP contribution in [-0.4, -0.2) is 16.9 Å². The molecule has 14 heavy (non-hydrogen) atoms. The molecule has 0 aliphatic carbocycles. The van der Waals surface area contributed by atoms with Gasteiger partial charge in [-0.05, 0) is 0 Å². The van der Waals surface area contributed by atoms with Crippen molar-refractivity contribution in [3.63, 3.8) is 0 Å². The van der Waals surface area contributed by atoms with E-state index in [0.717, 1.165) is 0 Å². The molecule has 0 heterocycles. The maximum absolute atomic E-state index is 11.7. The standard InChI is InChI=1S/C11H19BrO2/c1-10(2,3)8(13)6-9(14)11(4,5)7-12/h6-7H2,1-5H3. The van der Waals surface area contributed by atoms with Crippen molar-refractivity contribution < 1.29 is 9.59 Å². The van der Waals surface area contributed by atoms with Gasteiger partial charge in [0.25, 0.3) is 0 Å². The predicted octanol–water partition coefficient (Wildman–Crippen LogP) is 2.98. The minimum absolute atomic E-state index is 0.00861. The van der Waals surface area contributed by atoms with Gasteiger partial charge in [-0.1, -0.05) is 50.5 Å². The second-order valence-electron chi connectivity index (χ2n) is 5.29. The van der Waals surface area contributed by atoms with Crippen molar-refractivity contribution in [1.82, 2.24) is 0 Å². The molecule has 2 nitrogen and oxygen atoms in total. The molecular formula is C11H19BrO2. The van der Waals surface area contributed by atoms with Crippen LogP contribution in [0, 0.1) is 10.8 Å². The van der Waals surface area contributed by atoms with E-state index in [4.69, 9.17) is 0 Å². The van der Waals surface area contributed by atoms with Crippen LogP contribution in [0.5, 0.6) is 0 Å². The fraction of sp³-hybridized carbons (Fsp3) is 0.818. The normalized spacial score (nSPS) is 12.7. The second-order valence-corrected chi connectivity index (χ2v) is 5.85. The van der Waals surface area contributed by atoms with Gasteiger partial charge < -0.3 is 0 Å². The van der Waals surface area contributed by atoms with Gasteiger partial charge >= 0.3 is 0 Å². The number of carbonyl (C=O) groups is 2. The number of hydrogen-bond acceptors (Lipinski definition) is 2. The van der Waals surface area contributed by atoms with Crippen molar-refractivity contribution in [3.8, 4) is 0 Å². The first kappa shape index (κ1) is 13.8. The van der Waals surface area contributed by atoms with Gasteiger partial charge in [-0.2, -0.15) is 0 Å². The first-order valence-electron chi connectivity index (χ1n) is 4.74. The molecule has 0 radical (unpaired) electrons. The molecule has 0 amide bonds. The first-order chi connectivity index (χ1) is 6.11. The van der Waals surface area contributed by atoms with Gasteiger partial charge in [0.1, 0.15) is 11.6 Å². The Bertz CT molecular complexity index is 236. The minimum Gasteiger partial charge on any atom is -0.299 e. The summed E-state index contributed by atoms with van der Waals surface area (Å²) in [6, 6.07) is 0. The Morgan fingerprint density at radius 2 is 1.43 bits per heavy atom. The van der Waals surface area contributed by atoms with Crippen molar-refractivity contribution in [3.05, 3.63) is 0 Å². The van der Waals surface area contributed by atoms with Crippen LogP contribution in [0.2, 0.25) is 0 Å². The summed E-state index contributed by atoms with van der Waals surface area (Å²) in [7, 11) is 0.